The molecule has 2 rings (SSSR count). The van der Waals surface area contributed by atoms with Crippen molar-refractivity contribution in [3.05, 3.63) is 35.4 Å². The van der Waals surface area contributed by atoms with Gasteiger partial charge in [0.1, 0.15) is 0 Å². The highest BCUT2D eigenvalue weighted by atomic mass is 16.2. The van der Waals surface area contributed by atoms with E-state index in [0.29, 0.717) is 18.9 Å². The van der Waals surface area contributed by atoms with Gasteiger partial charge in [0.05, 0.1) is 12.5 Å². The average Bonchev–Trinajstić information content (AvgIpc) is 2.62. The molecule has 2 amide bonds. The van der Waals surface area contributed by atoms with Gasteiger partial charge in [-0.2, -0.15) is 0 Å². The Morgan fingerprint density at radius 2 is 2.04 bits per heavy atom. The normalized spacial score (nSPS) is 17.7. The summed E-state index contributed by atoms with van der Waals surface area (Å²) in [5, 5.41) is 3.10. The first kappa shape index (κ1) is 19.5. The molecule has 0 spiro atoms. The Morgan fingerprint density at radius 1 is 1.28 bits per heavy atom. The summed E-state index contributed by atoms with van der Waals surface area (Å²) < 4.78 is 0. The maximum Gasteiger partial charge on any atom is 0.222 e. The number of rotatable bonds is 8. The number of nitrogens with one attached hydrogen (secondary N) is 1. The van der Waals surface area contributed by atoms with E-state index in [1.54, 1.807) is 6.92 Å². The summed E-state index contributed by atoms with van der Waals surface area (Å²) in [6.45, 7) is 7.41. The second kappa shape index (κ2) is 9.59. The van der Waals surface area contributed by atoms with Crippen LogP contribution in [0.1, 0.15) is 70.0 Å². The highest BCUT2D eigenvalue weighted by Gasteiger charge is 2.30. The number of unbranched alkanes of at least 4 members (excludes halogenated alkanes) is 1. The summed E-state index contributed by atoms with van der Waals surface area (Å²) >= 11 is 0. The molecule has 4 heteroatoms. The topological polar surface area (TPSA) is 49.4 Å². The average molecular weight is 344 g/mol. The zero-order valence-electron chi connectivity index (χ0n) is 15.9. The number of carbonyl (C=O) groups is 2. The van der Waals surface area contributed by atoms with Crippen molar-refractivity contribution in [3.8, 4) is 0 Å². The van der Waals surface area contributed by atoms with Crippen LogP contribution in [0.15, 0.2) is 24.3 Å². The minimum absolute atomic E-state index is 0.0432. The Balaban J connectivity index is 2.00. The van der Waals surface area contributed by atoms with Crippen LogP contribution in [0.3, 0.4) is 0 Å². The summed E-state index contributed by atoms with van der Waals surface area (Å²) in [5.41, 5.74) is 2.38. The number of fused-ring (bicyclic) bond motifs is 1. The first-order valence-electron chi connectivity index (χ1n) is 9.68. The van der Waals surface area contributed by atoms with Gasteiger partial charge >= 0.3 is 0 Å². The quantitative estimate of drug-likeness (QED) is 0.778. The van der Waals surface area contributed by atoms with E-state index < -0.39 is 0 Å². The summed E-state index contributed by atoms with van der Waals surface area (Å²) in [7, 11) is 0. The van der Waals surface area contributed by atoms with Gasteiger partial charge in [-0.25, -0.2) is 0 Å². The largest absolute Gasteiger partial charge is 0.356 e. The summed E-state index contributed by atoms with van der Waals surface area (Å²) in [6.07, 6.45) is 5.87. The lowest BCUT2D eigenvalue weighted by Crippen LogP contribution is -2.41. The van der Waals surface area contributed by atoms with Crippen LogP contribution in [-0.2, 0) is 16.0 Å². The molecule has 1 heterocycles. The van der Waals surface area contributed by atoms with Crippen molar-refractivity contribution in [2.45, 2.75) is 65.3 Å². The van der Waals surface area contributed by atoms with Crippen LogP contribution in [0.5, 0.6) is 0 Å². The van der Waals surface area contributed by atoms with E-state index in [1.165, 1.54) is 24.8 Å². The highest BCUT2D eigenvalue weighted by molar-refractivity contribution is 5.79. The maximum atomic E-state index is 12.5. The standard InChI is InChI=1S/C21H32N2O2/c1-4-6-9-17(5-2)15-22-21(25)14-20-19-11-8-7-10-18(19)12-13-23(20)16(3)24/h7-8,10-11,17,20H,4-6,9,12-15H2,1-3H3,(H,22,25). The first-order chi connectivity index (χ1) is 12.1. The van der Waals surface area contributed by atoms with E-state index >= 15 is 0 Å². The van der Waals surface area contributed by atoms with E-state index in [0.717, 1.165) is 24.9 Å². The van der Waals surface area contributed by atoms with Gasteiger partial charge in [-0.1, -0.05) is 57.4 Å². The second-order valence-corrected chi connectivity index (χ2v) is 7.10. The van der Waals surface area contributed by atoms with Crippen LogP contribution in [-0.4, -0.2) is 29.8 Å². The molecule has 2 unspecified atom stereocenters. The Hall–Kier alpha value is -1.84. The van der Waals surface area contributed by atoms with E-state index in [2.05, 4.69) is 31.3 Å². The fourth-order valence-electron chi connectivity index (χ4n) is 3.70. The third kappa shape index (κ3) is 5.32. The molecule has 0 aliphatic carbocycles. The van der Waals surface area contributed by atoms with Crippen molar-refractivity contribution in [2.75, 3.05) is 13.1 Å². The van der Waals surface area contributed by atoms with Gasteiger partial charge in [0.2, 0.25) is 11.8 Å². The smallest absolute Gasteiger partial charge is 0.222 e. The van der Waals surface area contributed by atoms with Gasteiger partial charge in [-0.15, -0.1) is 0 Å². The molecule has 0 fully saturated rings. The van der Waals surface area contributed by atoms with Gasteiger partial charge in [-0.05, 0) is 29.9 Å². The Kier molecular flexibility index (Phi) is 7.48. The zero-order valence-corrected chi connectivity index (χ0v) is 15.9. The van der Waals surface area contributed by atoms with Crippen molar-refractivity contribution in [1.82, 2.24) is 10.2 Å². The Labute approximate surface area is 152 Å². The molecule has 1 aliphatic rings. The number of nitrogens with zero attached hydrogens (tertiary/aromatic N) is 1. The first-order valence-corrected chi connectivity index (χ1v) is 9.68. The van der Waals surface area contributed by atoms with Crippen LogP contribution in [0, 0.1) is 5.92 Å². The maximum absolute atomic E-state index is 12.5. The highest BCUT2D eigenvalue weighted by Crippen LogP contribution is 2.32. The molecule has 0 aromatic heterocycles. The van der Waals surface area contributed by atoms with Gasteiger partial charge in [-0.3, -0.25) is 9.59 Å². The van der Waals surface area contributed by atoms with Crippen molar-refractivity contribution < 1.29 is 9.59 Å². The van der Waals surface area contributed by atoms with Crippen LogP contribution >= 0.6 is 0 Å². The number of benzene rings is 1. The van der Waals surface area contributed by atoms with Crippen LogP contribution in [0.25, 0.3) is 0 Å². The summed E-state index contributed by atoms with van der Waals surface area (Å²) in [5.74, 6) is 0.635. The number of hydrogen-bond donors (Lipinski definition) is 1. The molecular formula is C21H32N2O2. The molecule has 1 aliphatic heterocycles. The molecule has 1 aromatic carbocycles. The number of hydrogen-bond acceptors (Lipinski definition) is 2. The summed E-state index contributed by atoms with van der Waals surface area (Å²) in [4.78, 5) is 26.4. The van der Waals surface area contributed by atoms with E-state index in [-0.39, 0.29) is 17.9 Å². The van der Waals surface area contributed by atoms with Crippen molar-refractivity contribution in [2.24, 2.45) is 5.92 Å². The molecule has 25 heavy (non-hydrogen) atoms. The van der Waals surface area contributed by atoms with Crippen molar-refractivity contribution in [1.29, 1.82) is 0 Å². The molecule has 1 aromatic rings. The van der Waals surface area contributed by atoms with E-state index in [9.17, 15) is 9.59 Å². The van der Waals surface area contributed by atoms with E-state index in [1.807, 2.05) is 17.0 Å². The van der Waals surface area contributed by atoms with Crippen LogP contribution in [0.2, 0.25) is 0 Å². The van der Waals surface area contributed by atoms with Gasteiger partial charge in [0, 0.05) is 20.0 Å². The second-order valence-electron chi connectivity index (χ2n) is 7.10. The number of carbonyl (C=O) groups excluding carboxylic acids is 2. The molecule has 2 atom stereocenters. The van der Waals surface area contributed by atoms with Crippen LogP contribution < -0.4 is 5.32 Å². The van der Waals surface area contributed by atoms with Gasteiger partial charge in [0.15, 0.2) is 0 Å². The molecule has 1 N–H and O–H groups in total. The van der Waals surface area contributed by atoms with Crippen LogP contribution in [0.4, 0.5) is 0 Å². The molecule has 0 bridgehead atoms. The molecule has 0 saturated heterocycles. The third-order valence-corrected chi connectivity index (χ3v) is 5.33. The minimum atomic E-state index is -0.141. The molecule has 0 saturated carbocycles. The van der Waals surface area contributed by atoms with Crippen molar-refractivity contribution >= 4 is 11.8 Å². The summed E-state index contributed by atoms with van der Waals surface area (Å²) in [6, 6.07) is 8.04. The van der Waals surface area contributed by atoms with Crippen molar-refractivity contribution in [3.63, 3.8) is 0 Å². The lowest BCUT2D eigenvalue weighted by Gasteiger charge is -2.36. The number of amides is 2. The fourth-order valence-corrected chi connectivity index (χ4v) is 3.70. The minimum Gasteiger partial charge on any atom is -0.356 e. The lowest BCUT2D eigenvalue weighted by atomic mass is 9.90. The fraction of sp³-hybridized carbons (Fsp3) is 0.619. The predicted octanol–water partition coefficient (Wildman–Crippen LogP) is 3.86. The third-order valence-electron chi connectivity index (χ3n) is 5.33. The lowest BCUT2D eigenvalue weighted by molar-refractivity contribution is -0.133. The predicted molar refractivity (Wildman–Crippen MR) is 101 cm³/mol. The van der Waals surface area contributed by atoms with Gasteiger partial charge in [0.25, 0.3) is 0 Å². The Morgan fingerprint density at radius 3 is 2.72 bits per heavy atom. The molecular weight excluding hydrogens is 312 g/mol. The Bertz CT molecular complexity index is 585. The molecule has 4 nitrogen and oxygen atoms in total. The zero-order chi connectivity index (χ0) is 18.2. The molecule has 138 valence electrons. The van der Waals surface area contributed by atoms with Gasteiger partial charge < -0.3 is 10.2 Å². The van der Waals surface area contributed by atoms with E-state index in [4.69, 9.17) is 0 Å². The molecule has 0 radical (unpaired) electrons. The SMILES string of the molecule is CCCCC(CC)CNC(=O)CC1c2ccccc2CCN1C(C)=O. The monoisotopic (exact) mass is 344 g/mol.